The highest BCUT2D eigenvalue weighted by Crippen LogP contribution is 2.22. The van der Waals surface area contributed by atoms with Gasteiger partial charge in [-0.05, 0) is 35.6 Å². The summed E-state index contributed by atoms with van der Waals surface area (Å²) in [6, 6.07) is 9.35. The van der Waals surface area contributed by atoms with Crippen molar-refractivity contribution in [3.8, 4) is 0 Å². The first-order valence-electron chi connectivity index (χ1n) is 7.47. The van der Waals surface area contributed by atoms with Gasteiger partial charge in [0.15, 0.2) is 0 Å². The Morgan fingerprint density at radius 2 is 1.91 bits per heavy atom. The molecule has 4 nitrogen and oxygen atoms in total. The first kappa shape index (κ1) is 16.3. The van der Waals surface area contributed by atoms with E-state index in [2.05, 4.69) is 26.1 Å². The average molecular weight is 301 g/mol. The summed E-state index contributed by atoms with van der Waals surface area (Å²) in [4.78, 5) is 12.1. The smallest absolute Gasteiger partial charge is 0.251 e. The van der Waals surface area contributed by atoms with E-state index in [1.165, 1.54) is 18.1 Å². The Kier molecular flexibility index (Phi) is 5.03. The molecule has 1 aromatic heterocycles. The van der Waals surface area contributed by atoms with Crippen molar-refractivity contribution in [3.63, 3.8) is 0 Å². The molecule has 118 valence electrons. The van der Waals surface area contributed by atoms with Crippen LogP contribution >= 0.6 is 0 Å². The molecule has 2 N–H and O–H groups in total. The molecular formula is C18H23NO3. The maximum Gasteiger partial charge on any atom is 0.251 e. The Labute approximate surface area is 131 Å². The zero-order valence-corrected chi connectivity index (χ0v) is 13.3. The highest BCUT2D eigenvalue weighted by Gasteiger charge is 2.14. The summed E-state index contributed by atoms with van der Waals surface area (Å²) in [5.74, 6) is -0.125. The highest BCUT2D eigenvalue weighted by molar-refractivity contribution is 5.94. The molecule has 0 radical (unpaired) electrons. The molecule has 0 saturated heterocycles. The second-order valence-corrected chi connectivity index (χ2v) is 6.44. The van der Waals surface area contributed by atoms with Gasteiger partial charge in [-0.25, -0.2) is 0 Å². The van der Waals surface area contributed by atoms with Crippen LogP contribution in [0.1, 0.15) is 54.8 Å². The number of rotatable bonds is 5. The minimum absolute atomic E-state index is 0.0731. The Balaban J connectivity index is 1.85. The SMILES string of the molecule is CC(C)(C)c1ccc(C(=O)NCC[C@@H](O)c2ccoc2)cc1. The second-order valence-electron chi connectivity index (χ2n) is 6.44. The van der Waals surface area contributed by atoms with Crippen molar-refractivity contribution in [1.29, 1.82) is 0 Å². The van der Waals surface area contributed by atoms with Crippen LogP contribution in [0.5, 0.6) is 0 Å². The monoisotopic (exact) mass is 301 g/mol. The standard InChI is InChI=1S/C18H23NO3/c1-18(2,3)15-6-4-13(5-7-15)17(21)19-10-8-16(20)14-9-11-22-12-14/h4-7,9,11-12,16,20H,8,10H2,1-3H3,(H,19,21)/t16-/m1/s1. The Bertz CT molecular complexity index is 594. The third-order valence-corrected chi connectivity index (χ3v) is 3.64. The zero-order chi connectivity index (χ0) is 16.2. The third kappa shape index (κ3) is 4.21. The van der Waals surface area contributed by atoms with Gasteiger partial charge < -0.3 is 14.8 Å². The summed E-state index contributed by atoms with van der Waals surface area (Å²) in [5.41, 5.74) is 2.62. The molecule has 1 atom stereocenters. The fraction of sp³-hybridized carbons (Fsp3) is 0.389. The average Bonchev–Trinajstić information content (AvgIpc) is 3.00. The Morgan fingerprint density at radius 3 is 2.45 bits per heavy atom. The van der Waals surface area contributed by atoms with E-state index in [0.29, 0.717) is 18.5 Å². The molecule has 4 heteroatoms. The number of amides is 1. The van der Waals surface area contributed by atoms with E-state index in [9.17, 15) is 9.90 Å². The minimum Gasteiger partial charge on any atom is -0.472 e. The lowest BCUT2D eigenvalue weighted by atomic mass is 9.87. The molecule has 0 spiro atoms. The third-order valence-electron chi connectivity index (χ3n) is 3.64. The molecule has 0 unspecified atom stereocenters. The predicted octanol–water partition coefficient (Wildman–Crippen LogP) is 3.43. The summed E-state index contributed by atoms with van der Waals surface area (Å²) >= 11 is 0. The van der Waals surface area contributed by atoms with Crippen LogP contribution in [-0.4, -0.2) is 17.6 Å². The van der Waals surface area contributed by atoms with Gasteiger partial charge >= 0.3 is 0 Å². The predicted molar refractivity (Wildman–Crippen MR) is 85.8 cm³/mol. The summed E-state index contributed by atoms with van der Waals surface area (Å²) < 4.78 is 4.92. The summed E-state index contributed by atoms with van der Waals surface area (Å²) in [6.45, 7) is 6.82. The quantitative estimate of drug-likeness (QED) is 0.889. The number of furan rings is 1. The first-order valence-corrected chi connectivity index (χ1v) is 7.47. The number of aliphatic hydroxyl groups is 1. The van der Waals surface area contributed by atoms with Crippen LogP contribution in [0, 0.1) is 0 Å². The Hall–Kier alpha value is -2.07. The number of hydrogen-bond donors (Lipinski definition) is 2. The molecule has 1 aromatic carbocycles. The van der Waals surface area contributed by atoms with Crippen LogP contribution in [0.15, 0.2) is 47.3 Å². The number of benzene rings is 1. The van der Waals surface area contributed by atoms with Gasteiger partial charge in [-0.15, -0.1) is 0 Å². The van der Waals surface area contributed by atoms with Crippen LogP contribution in [0.4, 0.5) is 0 Å². The van der Waals surface area contributed by atoms with Gasteiger partial charge in [-0.1, -0.05) is 32.9 Å². The van der Waals surface area contributed by atoms with E-state index in [4.69, 9.17) is 4.42 Å². The number of hydrogen-bond acceptors (Lipinski definition) is 3. The lowest BCUT2D eigenvalue weighted by Gasteiger charge is -2.19. The number of aliphatic hydroxyl groups excluding tert-OH is 1. The van der Waals surface area contributed by atoms with Gasteiger partial charge in [0.05, 0.1) is 18.6 Å². The molecule has 0 aliphatic rings. The molecule has 0 aliphatic carbocycles. The van der Waals surface area contributed by atoms with Crippen LogP contribution in [-0.2, 0) is 5.41 Å². The largest absolute Gasteiger partial charge is 0.472 e. The normalized spacial score (nSPS) is 12.9. The molecule has 0 fully saturated rings. The van der Waals surface area contributed by atoms with E-state index in [1.807, 2.05) is 24.3 Å². The lowest BCUT2D eigenvalue weighted by molar-refractivity contribution is 0.0942. The van der Waals surface area contributed by atoms with Gasteiger partial charge in [0.2, 0.25) is 0 Å². The van der Waals surface area contributed by atoms with Crippen molar-refractivity contribution in [3.05, 3.63) is 59.5 Å². The molecule has 0 saturated carbocycles. The topological polar surface area (TPSA) is 62.5 Å². The van der Waals surface area contributed by atoms with Crippen LogP contribution in [0.25, 0.3) is 0 Å². The van der Waals surface area contributed by atoms with Gasteiger partial charge in [0, 0.05) is 17.7 Å². The zero-order valence-electron chi connectivity index (χ0n) is 13.3. The van der Waals surface area contributed by atoms with E-state index < -0.39 is 6.10 Å². The van der Waals surface area contributed by atoms with Crippen molar-refractivity contribution in [1.82, 2.24) is 5.32 Å². The summed E-state index contributed by atoms with van der Waals surface area (Å²) in [5, 5.41) is 12.7. The van der Waals surface area contributed by atoms with Crippen LogP contribution < -0.4 is 5.32 Å². The van der Waals surface area contributed by atoms with Gasteiger partial charge in [0.1, 0.15) is 0 Å². The molecule has 0 bridgehead atoms. The fourth-order valence-electron chi connectivity index (χ4n) is 2.18. The van der Waals surface area contributed by atoms with Gasteiger partial charge in [0.25, 0.3) is 5.91 Å². The van der Waals surface area contributed by atoms with Gasteiger partial charge in [-0.2, -0.15) is 0 Å². The Morgan fingerprint density at radius 1 is 1.23 bits per heavy atom. The molecule has 2 aromatic rings. The summed E-state index contributed by atoms with van der Waals surface area (Å²) in [6.07, 6.45) is 2.86. The van der Waals surface area contributed by atoms with Crippen LogP contribution in [0.3, 0.4) is 0 Å². The van der Waals surface area contributed by atoms with E-state index in [-0.39, 0.29) is 11.3 Å². The van der Waals surface area contributed by atoms with Crippen molar-refractivity contribution in [2.75, 3.05) is 6.54 Å². The maximum absolute atomic E-state index is 12.1. The molecule has 1 heterocycles. The highest BCUT2D eigenvalue weighted by atomic mass is 16.3. The van der Waals surface area contributed by atoms with E-state index in [1.54, 1.807) is 6.07 Å². The molecule has 2 rings (SSSR count). The second kappa shape index (κ2) is 6.79. The maximum atomic E-state index is 12.1. The fourth-order valence-corrected chi connectivity index (χ4v) is 2.18. The van der Waals surface area contributed by atoms with Crippen molar-refractivity contribution >= 4 is 5.91 Å². The molecule has 22 heavy (non-hydrogen) atoms. The molecule has 1 amide bonds. The molecule has 0 aliphatic heterocycles. The lowest BCUT2D eigenvalue weighted by Crippen LogP contribution is -2.25. The number of carbonyl (C=O) groups excluding carboxylic acids is 1. The van der Waals surface area contributed by atoms with Crippen molar-refractivity contribution < 1.29 is 14.3 Å². The number of carbonyl (C=O) groups is 1. The van der Waals surface area contributed by atoms with E-state index in [0.717, 1.165) is 5.56 Å². The summed E-state index contributed by atoms with van der Waals surface area (Å²) in [7, 11) is 0. The van der Waals surface area contributed by atoms with Crippen molar-refractivity contribution in [2.45, 2.75) is 38.7 Å². The molecular weight excluding hydrogens is 278 g/mol. The van der Waals surface area contributed by atoms with Crippen LogP contribution in [0.2, 0.25) is 0 Å². The minimum atomic E-state index is -0.623. The van der Waals surface area contributed by atoms with Gasteiger partial charge in [-0.3, -0.25) is 4.79 Å². The number of nitrogens with one attached hydrogen (secondary N) is 1. The van der Waals surface area contributed by atoms with E-state index >= 15 is 0 Å². The first-order chi connectivity index (χ1) is 10.4. The van der Waals surface area contributed by atoms with Crippen molar-refractivity contribution in [2.24, 2.45) is 0 Å².